The molecule has 71 heavy (non-hydrogen) atoms. The van der Waals surface area contributed by atoms with Crippen LogP contribution in [0.4, 0.5) is 11.4 Å². The fourth-order valence-electron chi connectivity index (χ4n) is 8.79. The lowest BCUT2D eigenvalue weighted by Gasteiger charge is -2.30. The number of ether oxygens (including phenoxy) is 5. The number of anilines is 1. The van der Waals surface area contributed by atoms with E-state index in [4.69, 9.17) is 28.5 Å². The lowest BCUT2D eigenvalue weighted by Crippen LogP contribution is -2.33. The summed E-state index contributed by atoms with van der Waals surface area (Å²) in [6.45, 7) is 8.34. The lowest BCUT2D eigenvalue weighted by atomic mass is 9.75. The summed E-state index contributed by atoms with van der Waals surface area (Å²) in [4.78, 5) is 43.0. The molecular formula is C47H61N3O18S3-2. The number of carbonyl (C=O) groups is 3. The van der Waals surface area contributed by atoms with Crippen molar-refractivity contribution in [2.45, 2.75) is 86.3 Å². The molecule has 0 saturated carbocycles. The third-order valence-electron chi connectivity index (χ3n) is 12.5. The number of hydrogen-bond donors (Lipinski definition) is 0. The van der Waals surface area contributed by atoms with Gasteiger partial charge in [0.2, 0.25) is 5.69 Å². The number of hydrogen-bond acceptors (Lipinski definition) is 19. The van der Waals surface area contributed by atoms with Crippen molar-refractivity contribution in [1.29, 1.82) is 0 Å². The summed E-state index contributed by atoms with van der Waals surface area (Å²) >= 11 is 0. The first-order valence-electron chi connectivity index (χ1n) is 22.9. The summed E-state index contributed by atoms with van der Waals surface area (Å²) in [7, 11) is -11.3. The summed E-state index contributed by atoms with van der Waals surface area (Å²) in [6, 6.07) is 8.04. The first kappa shape index (κ1) is 57.2. The van der Waals surface area contributed by atoms with Crippen LogP contribution in [0.25, 0.3) is 0 Å². The van der Waals surface area contributed by atoms with Gasteiger partial charge in [-0.05, 0) is 88.4 Å². The molecule has 21 nitrogen and oxygen atoms in total. The van der Waals surface area contributed by atoms with E-state index in [2.05, 4.69) is 0 Å². The number of fused-ring (bicyclic) bond motifs is 2. The monoisotopic (exact) mass is 1050 g/mol. The maximum atomic E-state index is 12.8. The molecule has 0 radical (unpaired) electrons. The van der Waals surface area contributed by atoms with Crippen molar-refractivity contribution in [3.05, 3.63) is 83.1 Å². The van der Waals surface area contributed by atoms with Gasteiger partial charge in [-0.2, -0.15) is 4.58 Å². The first-order valence-corrected chi connectivity index (χ1v) is 27.3. The Morgan fingerprint density at radius 1 is 0.746 bits per heavy atom. The Labute approximate surface area is 415 Å². The van der Waals surface area contributed by atoms with Gasteiger partial charge < -0.3 is 47.1 Å². The number of methoxy groups -OCH3 is 2. The van der Waals surface area contributed by atoms with E-state index < -0.39 is 74.5 Å². The molecule has 2 amide bonds. The largest absolute Gasteiger partial charge is 0.748 e. The Balaban J connectivity index is 1.51. The maximum Gasteiger partial charge on any atom is 0.333 e. The Morgan fingerprint density at radius 2 is 1.32 bits per heavy atom. The molecule has 0 aliphatic carbocycles. The van der Waals surface area contributed by atoms with E-state index in [0.29, 0.717) is 77.4 Å². The van der Waals surface area contributed by atoms with Gasteiger partial charge in [0.05, 0.1) is 65.0 Å². The topological polar surface area (TPSA) is 288 Å². The quantitative estimate of drug-likeness (QED) is 0.0370. The molecule has 392 valence electrons. The van der Waals surface area contributed by atoms with Crippen molar-refractivity contribution in [3.8, 4) is 0 Å². The van der Waals surface area contributed by atoms with E-state index in [1.807, 2.05) is 22.5 Å². The Bertz CT molecular complexity index is 2740. The van der Waals surface area contributed by atoms with Crippen molar-refractivity contribution in [3.63, 3.8) is 0 Å². The normalized spacial score (nSPS) is 20.3. The molecule has 1 fully saturated rings. The van der Waals surface area contributed by atoms with Crippen LogP contribution in [0.15, 0.2) is 81.8 Å². The summed E-state index contributed by atoms with van der Waals surface area (Å²) in [6.07, 6.45) is 7.30. The molecular weight excluding hydrogens is 991 g/mol. The summed E-state index contributed by atoms with van der Waals surface area (Å²) in [5, 5.41) is 0.470. The molecule has 0 aromatic heterocycles. The van der Waals surface area contributed by atoms with Crippen LogP contribution in [0.3, 0.4) is 0 Å². The molecule has 2 aromatic carbocycles. The minimum atomic E-state index is -4.92. The maximum absolute atomic E-state index is 12.8. The van der Waals surface area contributed by atoms with Gasteiger partial charge in [0.15, 0.2) is 12.3 Å². The van der Waals surface area contributed by atoms with E-state index >= 15 is 0 Å². The van der Waals surface area contributed by atoms with Crippen LogP contribution in [-0.2, 0) is 84.1 Å². The van der Waals surface area contributed by atoms with Crippen molar-refractivity contribution in [2.24, 2.45) is 0 Å². The molecule has 3 aliphatic rings. The van der Waals surface area contributed by atoms with Crippen LogP contribution in [0, 0.1) is 0 Å². The van der Waals surface area contributed by atoms with Gasteiger partial charge in [-0.1, -0.05) is 17.7 Å². The number of nitrogens with zero attached hydrogens (tertiary/aromatic N) is 3. The molecule has 5 rings (SSSR count). The second kappa shape index (κ2) is 24.8. The van der Waals surface area contributed by atoms with Crippen molar-refractivity contribution >= 4 is 65.2 Å². The number of allylic oxidation sites excluding steroid dienone is 6. The smallest absolute Gasteiger partial charge is 0.333 e. The van der Waals surface area contributed by atoms with Gasteiger partial charge in [0.1, 0.15) is 26.8 Å². The van der Waals surface area contributed by atoms with Crippen LogP contribution in [0.2, 0.25) is 0 Å². The van der Waals surface area contributed by atoms with Gasteiger partial charge in [0, 0.05) is 86.9 Å². The molecule has 1 saturated heterocycles. The molecule has 0 spiro atoms. The zero-order valence-corrected chi connectivity index (χ0v) is 42.9. The second-order valence-corrected chi connectivity index (χ2v) is 21.8. The fourth-order valence-corrected chi connectivity index (χ4v) is 10.3. The van der Waals surface area contributed by atoms with Crippen molar-refractivity contribution in [1.82, 2.24) is 5.06 Å². The van der Waals surface area contributed by atoms with Crippen LogP contribution in [-0.4, -0.2) is 158 Å². The first-order chi connectivity index (χ1) is 33.4. The zero-order chi connectivity index (χ0) is 52.2. The predicted octanol–water partition coefficient (Wildman–Crippen LogP) is 3.46. The molecule has 3 aliphatic heterocycles. The van der Waals surface area contributed by atoms with Crippen LogP contribution in [0.5, 0.6) is 0 Å². The Kier molecular flexibility index (Phi) is 20.0. The minimum absolute atomic E-state index is 0.0668. The fraction of sp³-hybridized carbons (Fsp3) is 0.532. The van der Waals surface area contributed by atoms with E-state index in [-0.39, 0.29) is 78.0 Å². The molecule has 3 heterocycles. The SMILES string of the molecule is COCCOCCOCCOCC[N+]1=C(/C=C/C(C)=C/C=C2/N(CCCC(=O)ON3C(=O)CCC3=O)c3ccc(S(=O)(=O)[O-])cc3C2(C)CCOC)C(C)(CCCS(=O)(=O)[O-])c2cc(S(=O)(=O)[O-])ccc21. The van der Waals surface area contributed by atoms with Crippen LogP contribution >= 0.6 is 0 Å². The van der Waals surface area contributed by atoms with Crippen molar-refractivity contribution in [2.75, 3.05) is 90.8 Å². The zero-order valence-electron chi connectivity index (χ0n) is 40.4. The Hall–Kier alpha value is -4.73. The van der Waals surface area contributed by atoms with Crippen molar-refractivity contribution < 1.29 is 86.4 Å². The molecule has 0 bridgehead atoms. The lowest BCUT2D eigenvalue weighted by molar-refractivity contribution is -0.442. The summed E-state index contributed by atoms with van der Waals surface area (Å²) in [5.74, 6) is -2.74. The number of carbonyl (C=O) groups excluding carboxylic acids is 3. The minimum Gasteiger partial charge on any atom is -0.748 e. The van der Waals surface area contributed by atoms with E-state index in [9.17, 15) is 53.3 Å². The predicted molar refractivity (Wildman–Crippen MR) is 253 cm³/mol. The third kappa shape index (κ3) is 14.9. The van der Waals surface area contributed by atoms with Gasteiger partial charge in [0.25, 0.3) is 11.8 Å². The van der Waals surface area contributed by atoms with Crippen LogP contribution < -0.4 is 4.90 Å². The number of amides is 2. The summed E-state index contributed by atoms with van der Waals surface area (Å²) < 4.78 is 138. The number of benzene rings is 2. The standard InChI is InChI=1S/C47H63N3O18S3/c1-34(10-16-42-47(3,20-23-63-4)38-33-36(71(60,61)62)11-13-39(38)48(42)21-6-8-45(53)68-50-43(51)17-18-44(50)52)9-15-41-46(2,19-7-31-69(54,55)56)37-32-35(70(57,58)59)12-14-40(37)49(41)22-24-65-27-28-67-30-29-66-26-25-64-5/h9-16,32-33H,6-8,17-31H2,1-5H3,(H2-,54,55,56,57,58,59,60,61,62)/p-2. The van der Waals surface area contributed by atoms with Crippen LogP contribution in [0.1, 0.15) is 76.8 Å². The third-order valence-corrected chi connectivity index (χ3v) is 14.9. The van der Waals surface area contributed by atoms with E-state index in [0.717, 1.165) is 0 Å². The van der Waals surface area contributed by atoms with E-state index in [1.54, 1.807) is 39.2 Å². The highest BCUT2D eigenvalue weighted by atomic mass is 32.2. The number of rotatable bonds is 29. The van der Waals surface area contributed by atoms with Gasteiger partial charge in [-0.15, -0.1) is 5.06 Å². The average molecular weight is 1050 g/mol. The highest BCUT2D eigenvalue weighted by molar-refractivity contribution is 7.86. The summed E-state index contributed by atoms with van der Waals surface area (Å²) in [5.41, 5.74) is 1.85. The molecule has 2 aromatic rings. The molecule has 2 unspecified atom stereocenters. The molecule has 0 N–H and O–H groups in total. The number of hydroxylamine groups is 2. The highest BCUT2D eigenvalue weighted by Crippen LogP contribution is 2.51. The highest BCUT2D eigenvalue weighted by Gasteiger charge is 2.48. The molecule has 24 heteroatoms. The second-order valence-electron chi connectivity index (χ2n) is 17.5. The number of imide groups is 1. The molecule has 2 atom stereocenters. The average Bonchev–Trinajstić information content (AvgIpc) is 3.83. The van der Waals surface area contributed by atoms with Gasteiger partial charge in [-0.3, -0.25) is 9.59 Å². The van der Waals surface area contributed by atoms with Gasteiger partial charge >= 0.3 is 5.97 Å². The Morgan fingerprint density at radius 3 is 1.92 bits per heavy atom. The van der Waals surface area contributed by atoms with E-state index in [1.165, 1.54) is 43.5 Å². The van der Waals surface area contributed by atoms with Gasteiger partial charge in [-0.25, -0.2) is 30.0 Å².